The highest BCUT2D eigenvalue weighted by Gasteiger charge is 2.08. The Morgan fingerprint density at radius 2 is 1.36 bits per heavy atom. The van der Waals surface area contributed by atoms with Crippen LogP contribution in [0.15, 0.2) is 48.5 Å². The number of ether oxygens (including phenoxy) is 2. The predicted molar refractivity (Wildman–Crippen MR) is 94.3 cm³/mol. The lowest BCUT2D eigenvalue weighted by atomic mass is 10.1. The van der Waals surface area contributed by atoms with Gasteiger partial charge in [-0.3, -0.25) is 20.4 Å². The van der Waals surface area contributed by atoms with Gasteiger partial charge in [-0.25, -0.2) is 0 Å². The molecule has 0 aliphatic heterocycles. The number of aryl methyl sites for hydroxylation is 2. The van der Waals surface area contributed by atoms with E-state index in [1.165, 1.54) is 0 Å². The zero-order valence-electron chi connectivity index (χ0n) is 14.4. The van der Waals surface area contributed by atoms with Crippen molar-refractivity contribution >= 4 is 11.8 Å². The Bertz CT molecular complexity index is 731. The normalized spacial score (nSPS) is 10.0. The number of para-hydroxylation sites is 2. The first-order chi connectivity index (χ1) is 12.1. The Labute approximate surface area is 147 Å². The number of amides is 2. The maximum Gasteiger partial charge on any atom is 0.276 e. The number of hydrazine groups is 1. The minimum absolute atomic E-state index is 0.185. The predicted octanol–water partition coefficient (Wildman–Crippen LogP) is 2.16. The van der Waals surface area contributed by atoms with Crippen molar-refractivity contribution in [3.63, 3.8) is 0 Å². The van der Waals surface area contributed by atoms with Crippen molar-refractivity contribution in [2.75, 3.05) is 13.2 Å². The van der Waals surface area contributed by atoms with Crippen LogP contribution in [0.2, 0.25) is 0 Å². The molecule has 0 aliphatic rings. The van der Waals surface area contributed by atoms with E-state index >= 15 is 0 Å². The molecular weight excluding hydrogens is 320 g/mol. The second-order valence-corrected chi connectivity index (χ2v) is 5.40. The van der Waals surface area contributed by atoms with Gasteiger partial charge in [-0.05, 0) is 36.6 Å². The van der Waals surface area contributed by atoms with Gasteiger partial charge in [0.1, 0.15) is 11.5 Å². The second kappa shape index (κ2) is 9.32. The van der Waals surface area contributed by atoms with Crippen LogP contribution in [0.5, 0.6) is 11.5 Å². The maximum absolute atomic E-state index is 11.8. The summed E-state index contributed by atoms with van der Waals surface area (Å²) in [6, 6.07) is 14.9. The van der Waals surface area contributed by atoms with Crippen molar-refractivity contribution in [3.8, 4) is 11.5 Å². The molecule has 0 bridgehead atoms. The molecule has 2 aromatic carbocycles. The maximum atomic E-state index is 11.8. The Hall–Kier alpha value is -3.02. The van der Waals surface area contributed by atoms with E-state index in [2.05, 4.69) is 10.9 Å². The second-order valence-electron chi connectivity index (χ2n) is 5.40. The monoisotopic (exact) mass is 342 g/mol. The van der Waals surface area contributed by atoms with Gasteiger partial charge in [0.05, 0.1) is 0 Å². The molecule has 2 rings (SSSR count). The molecule has 2 N–H and O–H groups in total. The van der Waals surface area contributed by atoms with Gasteiger partial charge in [0.15, 0.2) is 13.2 Å². The lowest BCUT2D eigenvalue weighted by molar-refractivity contribution is -0.131. The van der Waals surface area contributed by atoms with Crippen LogP contribution >= 0.6 is 0 Å². The fourth-order valence-corrected chi connectivity index (χ4v) is 2.15. The number of carbonyl (C=O) groups is 2. The highest BCUT2D eigenvalue weighted by Crippen LogP contribution is 2.18. The molecule has 6 nitrogen and oxygen atoms in total. The topological polar surface area (TPSA) is 76.7 Å². The summed E-state index contributed by atoms with van der Waals surface area (Å²) in [4.78, 5) is 23.5. The fraction of sp³-hybridized carbons (Fsp3) is 0.263. The summed E-state index contributed by atoms with van der Waals surface area (Å²) in [7, 11) is 0. The van der Waals surface area contributed by atoms with Crippen molar-refractivity contribution < 1.29 is 19.1 Å². The van der Waals surface area contributed by atoms with Crippen molar-refractivity contribution in [2.24, 2.45) is 0 Å². The van der Waals surface area contributed by atoms with Crippen LogP contribution in [-0.2, 0) is 16.0 Å². The summed E-state index contributed by atoms with van der Waals surface area (Å²) in [6.45, 7) is 3.53. The van der Waals surface area contributed by atoms with E-state index in [-0.39, 0.29) is 13.2 Å². The number of nitrogens with one attached hydrogen (secondary N) is 2. The van der Waals surface area contributed by atoms with Crippen molar-refractivity contribution in [3.05, 3.63) is 59.7 Å². The molecule has 2 amide bonds. The van der Waals surface area contributed by atoms with Crippen LogP contribution in [0, 0.1) is 6.92 Å². The standard InChI is InChI=1S/C19H22N2O4/c1-3-15-9-5-7-11-17(15)25-13-19(23)21-20-18(22)12-24-16-10-6-4-8-14(16)2/h4-11H,3,12-13H2,1-2H3,(H,20,22)(H,21,23). The highest BCUT2D eigenvalue weighted by molar-refractivity contribution is 5.83. The van der Waals surface area contributed by atoms with Gasteiger partial charge in [-0.2, -0.15) is 0 Å². The third kappa shape index (κ3) is 5.84. The average Bonchev–Trinajstić information content (AvgIpc) is 2.64. The van der Waals surface area contributed by atoms with Crippen LogP contribution in [0.1, 0.15) is 18.1 Å². The lowest BCUT2D eigenvalue weighted by Gasteiger charge is -2.12. The molecule has 0 saturated heterocycles. The van der Waals surface area contributed by atoms with Crippen molar-refractivity contribution in [1.29, 1.82) is 0 Å². The molecule has 0 heterocycles. The molecule has 25 heavy (non-hydrogen) atoms. The first-order valence-corrected chi connectivity index (χ1v) is 8.07. The number of hydrogen-bond donors (Lipinski definition) is 2. The molecule has 0 spiro atoms. The van der Waals surface area contributed by atoms with E-state index in [4.69, 9.17) is 9.47 Å². The first-order valence-electron chi connectivity index (χ1n) is 8.07. The van der Waals surface area contributed by atoms with E-state index in [9.17, 15) is 9.59 Å². The molecule has 0 radical (unpaired) electrons. The highest BCUT2D eigenvalue weighted by atomic mass is 16.5. The molecule has 2 aromatic rings. The quantitative estimate of drug-likeness (QED) is 0.756. The summed E-state index contributed by atoms with van der Waals surface area (Å²) >= 11 is 0. The van der Waals surface area contributed by atoms with Crippen LogP contribution < -0.4 is 20.3 Å². The summed E-state index contributed by atoms with van der Waals surface area (Å²) in [5, 5.41) is 0. The number of rotatable bonds is 7. The molecule has 0 fully saturated rings. The lowest BCUT2D eigenvalue weighted by Crippen LogP contribution is -2.45. The summed E-state index contributed by atoms with van der Waals surface area (Å²) in [5.74, 6) is 0.388. The molecule has 0 saturated carbocycles. The van der Waals surface area contributed by atoms with E-state index in [1.807, 2.05) is 50.2 Å². The molecule has 0 aromatic heterocycles. The molecule has 132 valence electrons. The number of carbonyl (C=O) groups excluding carboxylic acids is 2. The Morgan fingerprint density at radius 1 is 0.840 bits per heavy atom. The number of benzene rings is 2. The van der Waals surface area contributed by atoms with Crippen LogP contribution in [0.3, 0.4) is 0 Å². The number of hydrogen-bond acceptors (Lipinski definition) is 4. The van der Waals surface area contributed by atoms with Gasteiger partial charge in [0.25, 0.3) is 11.8 Å². The smallest absolute Gasteiger partial charge is 0.276 e. The van der Waals surface area contributed by atoms with Crippen molar-refractivity contribution in [1.82, 2.24) is 10.9 Å². The molecule has 0 atom stereocenters. The van der Waals surface area contributed by atoms with E-state index in [0.29, 0.717) is 11.5 Å². The first kappa shape index (κ1) is 18.3. The van der Waals surface area contributed by atoms with Gasteiger partial charge in [0, 0.05) is 0 Å². The largest absolute Gasteiger partial charge is 0.483 e. The molecule has 6 heteroatoms. The fourth-order valence-electron chi connectivity index (χ4n) is 2.15. The van der Waals surface area contributed by atoms with Gasteiger partial charge in [-0.1, -0.05) is 43.3 Å². The van der Waals surface area contributed by atoms with E-state index in [0.717, 1.165) is 17.5 Å². The Balaban J connectivity index is 1.71. The minimum atomic E-state index is -0.453. The van der Waals surface area contributed by atoms with Gasteiger partial charge < -0.3 is 9.47 Å². The van der Waals surface area contributed by atoms with E-state index < -0.39 is 11.8 Å². The van der Waals surface area contributed by atoms with Crippen molar-refractivity contribution in [2.45, 2.75) is 20.3 Å². The molecule has 0 aliphatic carbocycles. The van der Waals surface area contributed by atoms with Crippen LogP contribution in [-0.4, -0.2) is 25.0 Å². The third-order valence-electron chi connectivity index (χ3n) is 3.51. The summed E-state index contributed by atoms with van der Waals surface area (Å²) < 4.78 is 10.9. The third-order valence-corrected chi connectivity index (χ3v) is 3.51. The zero-order valence-corrected chi connectivity index (χ0v) is 14.4. The summed E-state index contributed by atoms with van der Waals surface area (Å²) in [6.07, 6.45) is 0.810. The van der Waals surface area contributed by atoms with E-state index in [1.54, 1.807) is 12.1 Å². The Kier molecular flexibility index (Phi) is 6.83. The summed E-state index contributed by atoms with van der Waals surface area (Å²) in [5.41, 5.74) is 6.54. The van der Waals surface area contributed by atoms with Gasteiger partial charge in [-0.15, -0.1) is 0 Å². The molecule has 0 unspecified atom stereocenters. The van der Waals surface area contributed by atoms with Gasteiger partial charge in [0.2, 0.25) is 0 Å². The minimum Gasteiger partial charge on any atom is -0.483 e. The van der Waals surface area contributed by atoms with Crippen LogP contribution in [0.4, 0.5) is 0 Å². The molecular formula is C19H22N2O4. The van der Waals surface area contributed by atoms with Crippen LogP contribution in [0.25, 0.3) is 0 Å². The zero-order chi connectivity index (χ0) is 18.1. The average molecular weight is 342 g/mol. The SMILES string of the molecule is CCc1ccccc1OCC(=O)NNC(=O)COc1ccccc1C. The Morgan fingerprint density at radius 3 is 1.96 bits per heavy atom. The van der Waals surface area contributed by atoms with Gasteiger partial charge >= 0.3 is 0 Å².